The van der Waals surface area contributed by atoms with Gasteiger partial charge >= 0.3 is 6.36 Å². The molecular formula is C17H16F3NO4S. The number of benzene rings is 2. The average Bonchev–Trinajstić information content (AvgIpc) is 2.61. The van der Waals surface area contributed by atoms with Crippen LogP contribution in [0.1, 0.15) is 11.7 Å². The molecular weight excluding hydrogens is 371 g/mol. The number of hydrogen-bond donors (Lipinski definition) is 0. The van der Waals surface area contributed by atoms with Gasteiger partial charge in [0, 0.05) is 13.1 Å². The van der Waals surface area contributed by atoms with Crippen molar-refractivity contribution in [3.63, 3.8) is 0 Å². The van der Waals surface area contributed by atoms with Crippen molar-refractivity contribution < 1.29 is 31.1 Å². The van der Waals surface area contributed by atoms with Crippen LogP contribution in [0.2, 0.25) is 0 Å². The zero-order chi connectivity index (χ0) is 18.8. The van der Waals surface area contributed by atoms with E-state index in [9.17, 15) is 21.6 Å². The summed E-state index contributed by atoms with van der Waals surface area (Å²) in [5.74, 6) is -0.747. The molecule has 0 saturated carbocycles. The van der Waals surface area contributed by atoms with Gasteiger partial charge in [-0.25, -0.2) is 8.42 Å². The van der Waals surface area contributed by atoms with E-state index in [1.54, 1.807) is 12.1 Å². The average molecular weight is 387 g/mol. The Balaban J connectivity index is 1.89. The number of rotatable bonds is 4. The molecule has 26 heavy (non-hydrogen) atoms. The Morgan fingerprint density at radius 2 is 1.69 bits per heavy atom. The lowest BCUT2D eigenvalue weighted by Gasteiger charge is -2.32. The van der Waals surface area contributed by atoms with Gasteiger partial charge in [-0.3, -0.25) is 0 Å². The maximum absolute atomic E-state index is 12.9. The fourth-order valence-electron chi connectivity index (χ4n) is 2.72. The molecule has 0 spiro atoms. The molecule has 0 aliphatic carbocycles. The van der Waals surface area contributed by atoms with Crippen LogP contribution < -0.4 is 4.74 Å². The summed E-state index contributed by atoms with van der Waals surface area (Å²) in [7, 11) is -4.18. The fourth-order valence-corrected chi connectivity index (χ4v) is 4.26. The third-order valence-electron chi connectivity index (χ3n) is 3.89. The van der Waals surface area contributed by atoms with Crippen molar-refractivity contribution in [3.8, 4) is 5.75 Å². The Hall–Kier alpha value is -2.10. The van der Waals surface area contributed by atoms with Crippen LogP contribution in [-0.4, -0.2) is 38.8 Å². The molecule has 0 N–H and O–H groups in total. The van der Waals surface area contributed by atoms with Gasteiger partial charge in [-0.05, 0) is 17.7 Å². The number of halogens is 3. The molecule has 1 aliphatic rings. The number of ether oxygens (including phenoxy) is 2. The predicted octanol–water partition coefficient (Wildman–Crippen LogP) is 3.35. The summed E-state index contributed by atoms with van der Waals surface area (Å²) < 4.78 is 74.2. The molecule has 0 amide bonds. The van der Waals surface area contributed by atoms with Crippen molar-refractivity contribution in [1.29, 1.82) is 0 Å². The van der Waals surface area contributed by atoms with Crippen molar-refractivity contribution in [2.75, 3.05) is 19.7 Å². The summed E-state index contributed by atoms with van der Waals surface area (Å²) in [5, 5.41) is 0. The minimum atomic E-state index is -4.98. The summed E-state index contributed by atoms with van der Waals surface area (Å²) in [6, 6.07) is 13.8. The summed E-state index contributed by atoms with van der Waals surface area (Å²) in [4.78, 5) is -0.522. The third-order valence-corrected chi connectivity index (χ3v) is 5.80. The molecule has 1 fully saturated rings. The molecule has 1 heterocycles. The molecule has 0 aromatic heterocycles. The number of alkyl halides is 3. The Bertz CT molecular complexity index is 856. The smallest absolute Gasteiger partial charge is 0.404 e. The Morgan fingerprint density at radius 1 is 1.04 bits per heavy atom. The van der Waals surface area contributed by atoms with Crippen LogP contribution >= 0.6 is 0 Å². The lowest BCUT2D eigenvalue weighted by atomic mass is 10.1. The van der Waals surface area contributed by atoms with Crippen LogP contribution in [0, 0.1) is 0 Å². The SMILES string of the molecule is O=S(=O)(c1ccccc1OC(F)(F)F)N1CCO[C@H](c2ccccc2)C1. The van der Waals surface area contributed by atoms with Crippen LogP contribution in [0.15, 0.2) is 59.5 Å². The second-order valence-electron chi connectivity index (χ2n) is 5.63. The first-order valence-corrected chi connectivity index (χ1v) is 9.23. The van der Waals surface area contributed by atoms with Gasteiger partial charge < -0.3 is 9.47 Å². The molecule has 1 aliphatic heterocycles. The van der Waals surface area contributed by atoms with Crippen LogP contribution in [0.3, 0.4) is 0 Å². The van der Waals surface area contributed by atoms with E-state index in [-0.39, 0.29) is 19.7 Å². The standard InChI is InChI=1S/C17H16F3NO4S/c18-17(19,20)25-14-8-4-5-9-16(14)26(22,23)21-10-11-24-15(12-21)13-6-2-1-3-7-13/h1-9,15H,10-12H2/t15-/m0/s1. The molecule has 140 valence electrons. The first-order chi connectivity index (χ1) is 12.3. The van der Waals surface area contributed by atoms with Crippen LogP contribution in [0.4, 0.5) is 13.2 Å². The molecule has 3 rings (SSSR count). The Morgan fingerprint density at radius 3 is 2.38 bits per heavy atom. The minimum Gasteiger partial charge on any atom is -0.404 e. The largest absolute Gasteiger partial charge is 0.573 e. The lowest BCUT2D eigenvalue weighted by molar-refractivity contribution is -0.275. The number of para-hydroxylation sites is 1. The molecule has 2 aromatic rings. The maximum Gasteiger partial charge on any atom is 0.573 e. The van der Waals surface area contributed by atoms with Gasteiger partial charge in [-0.2, -0.15) is 4.31 Å². The summed E-state index contributed by atoms with van der Waals surface area (Å²) in [6.07, 6.45) is -5.47. The van der Waals surface area contributed by atoms with Crippen LogP contribution in [0.25, 0.3) is 0 Å². The van der Waals surface area contributed by atoms with Crippen molar-refractivity contribution in [2.45, 2.75) is 17.4 Å². The highest BCUT2D eigenvalue weighted by Crippen LogP contribution is 2.33. The third kappa shape index (κ3) is 4.17. The highest BCUT2D eigenvalue weighted by atomic mass is 32.2. The van der Waals surface area contributed by atoms with Crippen LogP contribution in [0.5, 0.6) is 5.75 Å². The van der Waals surface area contributed by atoms with E-state index >= 15 is 0 Å². The minimum absolute atomic E-state index is 0.00665. The van der Waals surface area contributed by atoms with Gasteiger partial charge in [0.15, 0.2) is 0 Å². The molecule has 2 aromatic carbocycles. The van der Waals surface area contributed by atoms with E-state index in [1.807, 2.05) is 18.2 Å². The van der Waals surface area contributed by atoms with Gasteiger partial charge in [0.2, 0.25) is 10.0 Å². The number of sulfonamides is 1. The van der Waals surface area contributed by atoms with Gasteiger partial charge in [-0.15, -0.1) is 13.2 Å². The van der Waals surface area contributed by atoms with Gasteiger partial charge in [-0.1, -0.05) is 42.5 Å². The molecule has 1 saturated heterocycles. The number of nitrogens with zero attached hydrogens (tertiary/aromatic N) is 1. The van der Waals surface area contributed by atoms with Gasteiger partial charge in [0.1, 0.15) is 10.6 Å². The molecule has 5 nitrogen and oxygen atoms in total. The maximum atomic E-state index is 12.9. The van der Waals surface area contributed by atoms with Crippen molar-refractivity contribution in [2.24, 2.45) is 0 Å². The van der Waals surface area contributed by atoms with Crippen molar-refractivity contribution in [3.05, 3.63) is 60.2 Å². The molecule has 9 heteroatoms. The highest BCUT2D eigenvalue weighted by Gasteiger charge is 2.37. The van der Waals surface area contributed by atoms with E-state index in [0.29, 0.717) is 0 Å². The molecule has 0 unspecified atom stereocenters. The first-order valence-electron chi connectivity index (χ1n) is 7.79. The summed E-state index contributed by atoms with van der Waals surface area (Å²) >= 11 is 0. The van der Waals surface area contributed by atoms with Crippen molar-refractivity contribution in [1.82, 2.24) is 4.31 Å². The number of morpholine rings is 1. The van der Waals surface area contributed by atoms with E-state index in [4.69, 9.17) is 4.74 Å². The van der Waals surface area contributed by atoms with Gasteiger partial charge in [0.25, 0.3) is 0 Å². The second kappa shape index (κ2) is 7.26. The predicted molar refractivity (Wildman–Crippen MR) is 87.0 cm³/mol. The second-order valence-corrected chi connectivity index (χ2v) is 7.53. The quantitative estimate of drug-likeness (QED) is 0.808. The van der Waals surface area contributed by atoms with Crippen molar-refractivity contribution >= 4 is 10.0 Å². The van der Waals surface area contributed by atoms with Crippen LogP contribution in [-0.2, 0) is 14.8 Å². The highest BCUT2D eigenvalue weighted by molar-refractivity contribution is 7.89. The number of hydrogen-bond acceptors (Lipinski definition) is 4. The first kappa shape index (κ1) is 18.7. The Kier molecular flexibility index (Phi) is 5.22. The Labute approximate surface area is 149 Å². The summed E-state index contributed by atoms with van der Waals surface area (Å²) in [5.41, 5.74) is 0.798. The molecule has 0 bridgehead atoms. The van der Waals surface area contributed by atoms with Gasteiger partial charge in [0.05, 0.1) is 12.7 Å². The topological polar surface area (TPSA) is 55.8 Å². The zero-order valence-electron chi connectivity index (χ0n) is 13.5. The molecule has 1 atom stereocenters. The van der Waals surface area contributed by atoms with E-state index in [2.05, 4.69) is 4.74 Å². The lowest BCUT2D eigenvalue weighted by Crippen LogP contribution is -2.42. The van der Waals surface area contributed by atoms with E-state index < -0.39 is 33.1 Å². The fraction of sp³-hybridized carbons (Fsp3) is 0.294. The normalized spacial score (nSPS) is 19.3. The van der Waals surface area contributed by atoms with E-state index in [0.717, 1.165) is 22.0 Å². The summed E-state index contributed by atoms with van der Waals surface area (Å²) in [6.45, 7) is 0.194. The zero-order valence-corrected chi connectivity index (χ0v) is 14.3. The molecule has 0 radical (unpaired) electrons. The monoisotopic (exact) mass is 387 g/mol. The van der Waals surface area contributed by atoms with E-state index in [1.165, 1.54) is 12.1 Å².